The lowest BCUT2D eigenvalue weighted by Crippen LogP contribution is -2.43. The van der Waals surface area contributed by atoms with Gasteiger partial charge in [-0.25, -0.2) is 14.8 Å². The third-order valence-electron chi connectivity index (χ3n) is 7.48. The number of amides is 2. The van der Waals surface area contributed by atoms with Gasteiger partial charge < -0.3 is 15.3 Å². The quantitative estimate of drug-likeness (QED) is 0.237. The SMILES string of the molecule is C=C(/N=C\C(=C/C)c1cc(-c2ccc(C#N)cn2)c2sc(NC(=O)NCC)nc2c1)N1CCC(CCC)(C(=O)O)CC1. The number of pyridine rings is 1. The number of carboxylic acids is 1. The number of likely N-dealkylation sites (tertiary alicyclic amines) is 1. The van der Waals surface area contributed by atoms with Crippen LogP contribution in [0.25, 0.3) is 27.0 Å². The average molecular weight is 586 g/mol. The van der Waals surface area contributed by atoms with Crippen molar-refractivity contribution in [2.24, 2.45) is 10.4 Å². The molecule has 1 aliphatic rings. The molecule has 3 N–H and O–H groups in total. The van der Waals surface area contributed by atoms with E-state index in [1.807, 2.05) is 43.9 Å². The number of hydrogen-bond acceptors (Lipinski definition) is 8. The van der Waals surface area contributed by atoms with E-state index in [0.29, 0.717) is 66.6 Å². The number of carbonyl (C=O) groups excluding carboxylic acids is 1. The Labute approximate surface area is 249 Å². The van der Waals surface area contributed by atoms with E-state index in [-0.39, 0.29) is 6.03 Å². The Morgan fingerprint density at radius 1 is 1.29 bits per heavy atom. The first-order chi connectivity index (χ1) is 20.2. The molecule has 0 saturated carbocycles. The number of benzene rings is 1. The number of nitrogens with zero attached hydrogens (tertiary/aromatic N) is 5. The van der Waals surface area contributed by atoms with Gasteiger partial charge in [0.05, 0.1) is 26.9 Å². The van der Waals surface area contributed by atoms with Crippen molar-refractivity contribution in [2.45, 2.75) is 46.5 Å². The van der Waals surface area contributed by atoms with Crippen molar-refractivity contribution in [3.05, 3.63) is 60.1 Å². The van der Waals surface area contributed by atoms with Gasteiger partial charge in [-0.1, -0.05) is 37.3 Å². The van der Waals surface area contributed by atoms with Crippen molar-refractivity contribution in [2.75, 3.05) is 25.0 Å². The molecule has 218 valence electrons. The number of fused-ring (bicyclic) bond motifs is 1. The molecule has 0 atom stereocenters. The number of aromatic nitrogens is 2. The zero-order chi connectivity index (χ0) is 30.3. The van der Waals surface area contributed by atoms with Gasteiger partial charge in [0.15, 0.2) is 5.13 Å². The Morgan fingerprint density at radius 3 is 2.64 bits per heavy atom. The molecule has 0 bridgehead atoms. The molecule has 1 fully saturated rings. The minimum atomic E-state index is -0.719. The summed E-state index contributed by atoms with van der Waals surface area (Å²) in [7, 11) is 0. The maximum atomic E-state index is 12.2. The minimum absolute atomic E-state index is 0.331. The monoisotopic (exact) mass is 585 g/mol. The molecule has 3 heterocycles. The summed E-state index contributed by atoms with van der Waals surface area (Å²) in [5.41, 5.74) is 3.65. The zero-order valence-electron chi connectivity index (χ0n) is 24.1. The number of aliphatic carboxylic acids is 1. The number of nitrogens with one attached hydrogen (secondary N) is 2. The number of carboxylic acid groups (broad SMARTS) is 1. The van der Waals surface area contributed by atoms with Gasteiger partial charge in [0.25, 0.3) is 0 Å². The summed E-state index contributed by atoms with van der Waals surface area (Å²) < 4.78 is 0.849. The van der Waals surface area contributed by atoms with E-state index in [4.69, 9.17) is 0 Å². The Kier molecular flexibility index (Phi) is 9.70. The molecule has 42 heavy (non-hydrogen) atoms. The van der Waals surface area contributed by atoms with Gasteiger partial charge >= 0.3 is 12.0 Å². The van der Waals surface area contributed by atoms with Crippen LogP contribution in [0.15, 0.2) is 53.9 Å². The summed E-state index contributed by atoms with van der Waals surface area (Å²) in [6.07, 6.45) is 7.87. The van der Waals surface area contributed by atoms with Gasteiger partial charge in [0.2, 0.25) is 0 Å². The molecule has 0 radical (unpaired) electrons. The smallest absolute Gasteiger partial charge is 0.321 e. The van der Waals surface area contributed by atoms with Crippen molar-refractivity contribution in [1.82, 2.24) is 20.2 Å². The van der Waals surface area contributed by atoms with E-state index >= 15 is 0 Å². The molecule has 10 nitrogen and oxygen atoms in total. The number of carbonyl (C=O) groups is 2. The number of anilines is 1. The highest BCUT2D eigenvalue weighted by Gasteiger charge is 2.40. The molecular formula is C31H35N7O3S. The van der Waals surface area contributed by atoms with Crippen LogP contribution in [0.4, 0.5) is 9.93 Å². The topological polar surface area (TPSA) is 144 Å². The van der Waals surface area contributed by atoms with Crippen LogP contribution in [0, 0.1) is 16.7 Å². The minimum Gasteiger partial charge on any atom is -0.481 e. The molecule has 1 aromatic carbocycles. The lowest BCUT2D eigenvalue weighted by Gasteiger charge is -2.39. The lowest BCUT2D eigenvalue weighted by atomic mass is 9.75. The number of allylic oxidation sites excluding steroid dienone is 2. The summed E-state index contributed by atoms with van der Waals surface area (Å²) in [6, 6.07) is 9.22. The van der Waals surface area contributed by atoms with Crippen LogP contribution >= 0.6 is 11.3 Å². The molecule has 1 saturated heterocycles. The van der Waals surface area contributed by atoms with E-state index in [1.54, 1.807) is 18.3 Å². The highest BCUT2D eigenvalue weighted by Crippen LogP contribution is 2.38. The molecule has 2 aromatic heterocycles. The maximum absolute atomic E-state index is 12.2. The lowest BCUT2D eigenvalue weighted by molar-refractivity contribution is -0.152. The van der Waals surface area contributed by atoms with Gasteiger partial charge in [-0.2, -0.15) is 5.26 Å². The first-order valence-corrected chi connectivity index (χ1v) is 14.8. The Morgan fingerprint density at radius 2 is 2.05 bits per heavy atom. The van der Waals surface area contributed by atoms with E-state index in [2.05, 4.69) is 38.2 Å². The first kappa shape index (κ1) is 30.4. The number of rotatable bonds is 10. The molecule has 0 unspecified atom stereocenters. The Bertz CT molecular complexity index is 1580. The third-order valence-corrected chi connectivity index (χ3v) is 8.50. The molecule has 3 aromatic rings. The number of thiazole rings is 1. The fourth-order valence-electron chi connectivity index (χ4n) is 5.15. The van der Waals surface area contributed by atoms with E-state index < -0.39 is 11.4 Å². The number of hydrogen-bond donors (Lipinski definition) is 3. The fraction of sp³-hybridized carbons (Fsp3) is 0.355. The Hall–Kier alpha value is -4.56. The number of urea groups is 1. The second-order valence-electron chi connectivity index (χ2n) is 10.2. The fourth-order valence-corrected chi connectivity index (χ4v) is 6.11. The van der Waals surface area contributed by atoms with Crippen LogP contribution in [0.5, 0.6) is 0 Å². The van der Waals surface area contributed by atoms with Gasteiger partial charge in [-0.3, -0.25) is 15.1 Å². The van der Waals surface area contributed by atoms with Gasteiger partial charge in [-0.05, 0) is 68.5 Å². The largest absolute Gasteiger partial charge is 0.481 e. The summed E-state index contributed by atoms with van der Waals surface area (Å²) in [5, 5.41) is 25.0. The van der Waals surface area contributed by atoms with Crippen molar-refractivity contribution in [1.29, 1.82) is 5.26 Å². The second kappa shape index (κ2) is 13.4. The summed E-state index contributed by atoms with van der Waals surface area (Å²) in [4.78, 5) is 40.0. The maximum Gasteiger partial charge on any atom is 0.321 e. The molecule has 4 rings (SSSR count). The van der Waals surface area contributed by atoms with Crippen molar-refractivity contribution < 1.29 is 14.7 Å². The predicted molar refractivity (Wildman–Crippen MR) is 167 cm³/mol. The molecular weight excluding hydrogens is 550 g/mol. The predicted octanol–water partition coefficient (Wildman–Crippen LogP) is 6.28. The highest BCUT2D eigenvalue weighted by atomic mass is 32.1. The standard InChI is InChI=1S/C31H35N7O3S/c1-5-10-31(28(39)40)11-13-38(14-12-31)20(4)34-19-22(6-2)23-15-24(25-9-8-21(17-32)18-35-25)27-26(16-23)36-30(42-27)37-29(41)33-7-3/h6,8-9,15-16,18-19H,4-5,7,10-14H2,1-3H3,(H,39,40)(H2,33,36,37,41)/b22-6+,34-19-. The van der Waals surface area contributed by atoms with Gasteiger partial charge in [0, 0.05) is 37.6 Å². The van der Waals surface area contributed by atoms with E-state index in [9.17, 15) is 20.0 Å². The third kappa shape index (κ3) is 6.66. The second-order valence-corrected chi connectivity index (χ2v) is 11.2. The van der Waals surface area contributed by atoms with Crippen molar-refractivity contribution in [3.63, 3.8) is 0 Å². The molecule has 0 spiro atoms. The highest BCUT2D eigenvalue weighted by molar-refractivity contribution is 7.22. The number of nitriles is 1. The van der Waals surface area contributed by atoms with Crippen LogP contribution in [0.3, 0.4) is 0 Å². The summed E-state index contributed by atoms with van der Waals surface area (Å²) in [6.45, 7) is 11.6. The van der Waals surface area contributed by atoms with Crippen LogP contribution in [-0.2, 0) is 4.79 Å². The van der Waals surface area contributed by atoms with Crippen LogP contribution in [-0.4, -0.2) is 57.8 Å². The zero-order valence-corrected chi connectivity index (χ0v) is 24.9. The van der Waals surface area contributed by atoms with Crippen LogP contribution in [0.1, 0.15) is 57.6 Å². The first-order valence-electron chi connectivity index (χ1n) is 14.0. The van der Waals surface area contributed by atoms with E-state index in [0.717, 1.165) is 27.8 Å². The Balaban J connectivity index is 1.63. The average Bonchev–Trinajstić information content (AvgIpc) is 3.39. The van der Waals surface area contributed by atoms with E-state index in [1.165, 1.54) is 17.5 Å². The number of piperidine rings is 1. The van der Waals surface area contributed by atoms with Crippen LogP contribution < -0.4 is 10.6 Å². The summed E-state index contributed by atoms with van der Waals surface area (Å²) >= 11 is 1.35. The van der Waals surface area contributed by atoms with Crippen molar-refractivity contribution >= 4 is 50.5 Å². The van der Waals surface area contributed by atoms with Gasteiger partial charge in [0.1, 0.15) is 11.9 Å². The molecule has 1 aliphatic heterocycles. The van der Waals surface area contributed by atoms with Gasteiger partial charge in [-0.15, -0.1) is 0 Å². The normalized spacial score (nSPS) is 15.0. The summed E-state index contributed by atoms with van der Waals surface area (Å²) in [5.74, 6) is -0.134. The molecule has 11 heteroatoms. The number of aliphatic imine (C=N–C) groups is 1. The molecule has 2 amide bonds. The van der Waals surface area contributed by atoms with Crippen molar-refractivity contribution in [3.8, 4) is 17.3 Å². The van der Waals surface area contributed by atoms with Crippen LogP contribution in [0.2, 0.25) is 0 Å². The molecule has 0 aliphatic carbocycles.